The van der Waals surface area contributed by atoms with Crippen LogP contribution >= 0.6 is 24.0 Å². The monoisotopic (exact) mass is 501 g/mol. The number of halogens is 2. The topological polar surface area (TPSA) is 55.4 Å². The summed E-state index contributed by atoms with van der Waals surface area (Å²) in [7, 11) is 1.81. The highest BCUT2D eigenvalue weighted by molar-refractivity contribution is 14.0. The lowest BCUT2D eigenvalue weighted by Gasteiger charge is -2.31. The lowest BCUT2D eigenvalue weighted by molar-refractivity contribution is 0.187. The van der Waals surface area contributed by atoms with E-state index in [1.54, 1.807) is 0 Å². The van der Waals surface area contributed by atoms with Crippen LogP contribution in [0.1, 0.15) is 31.7 Å². The Morgan fingerprint density at radius 3 is 2.71 bits per heavy atom. The van der Waals surface area contributed by atoms with Crippen LogP contribution in [0, 0.1) is 11.7 Å². The van der Waals surface area contributed by atoms with Gasteiger partial charge in [0.25, 0.3) is 0 Å². The van der Waals surface area contributed by atoms with Gasteiger partial charge in [-0.25, -0.2) is 4.39 Å². The molecular formula is C21H33FIN5. The number of H-pyrrole nitrogens is 1. The highest BCUT2D eigenvalue weighted by atomic mass is 127. The molecular weight excluding hydrogens is 468 g/mol. The third-order valence-electron chi connectivity index (χ3n) is 5.64. The van der Waals surface area contributed by atoms with Crippen LogP contribution in [0.3, 0.4) is 0 Å². The first kappa shape index (κ1) is 22.9. The molecule has 1 aromatic carbocycles. The molecule has 5 nitrogen and oxygen atoms in total. The molecule has 1 aliphatic rings. The smallest absolute Gasteiger partial charge is 0.190 e. The summed E-state index contributed by atoms with van der Waals surface area (Å²) in [5, 5.41) is 7.90. The summed E-state index contributed by atoms with van der Waals surface area (Å²) in [5.74, 6) is 1.47. The number of guanidine groups is 1. The average molecular weight is 501 g/mol. The van der Waals surface area contributed by atoms with Crippen molar-refractivity contribution in [2.45, 2.75) is 32.6 Å². The van der Waals surface area contributed by atoms with Crippen molar-refractivity contribution in [3.8, 4) is 0 Å². The number of benzene rings is 1. The Kier molecular flexibility index (Phi) is 9.50. The number of hydrogen-bond donors (Lipinski definition) is 3. The molecule has 1 fully saturated rings. The van der Waals surface area contributed by atoms with E-state index in [9.17, 15) is 4.39 Å². The van der Waals surface area contributed by atoms with Crippen molar-refractivity contribution >= 4 is 40.8 Å². The van der Waals surface area contributed by atoms with Gasteiger partial charge in [0.2, 0.25) is 0 Å². The van der Waals surface area contributed by atoms with E-state index < -0.39 is 0 Å². The lowest BCUT2D eigenvalue weighted by atomic mass is 9.93. The summed E-state index contributed by atoms with van der Waals surface area (Å²) < 4.78 is 13.3. The van der Waals surface area contributed by atoms with Gasteiger partial charge in [0.05, 0.1) is 0 Å². The number of rotatable bonds is 7. The summed E-state index contributed by atoms with van der Waals surface area (Å²) in [6, 6.07) is 4.89. The highest BCUT2D eigenvalue weighted by Gasteiger charge is 2.17. The third-order valence-corrected chi connectivity index (χ3v) is 5.64. The number of fused-ring (bicyclic) bond motifs is 1. The fraction of sp³-hybridized carbons (Fsp3) is 0.571. The van der Waals surface area contributed by atoms with Crippen LogP contribution in [0.4, 0.5) is 4.39 Å². The molecule has 2 aromatic rings. The van der Waals surface area contributed by atoms with Crippen molar-refractivity contribution in [1.82, 2.24) is 20.5 Å². The van der Waals surface area contributed by atoms with Crippen LogP contribution in [-0.2, 0) is 6.42 Å². The Balaban J connectivity index is 0.00000280. The van der Waals surface area contributed by atoms with Crippen molar-refractivity contribution in [1.29, 1.82) is 0 Å². The van der Waals surface area contributed by atoms with Gasteiger partial charge in [-0.1, -0.05) is 6.92 Å². The van der Waals surface area contributed by atoms with E-state index in [0.717, 1.165) is 42.3 Å². The average Bonchev–Trinajstić information content (AvgIpc) is 3.09. The lowest BCUT2D eigenvalue weighted by Crippen LogP contribution is -2.40. The molecule has 2 heterocycles. The Hall–Kier alpha value is -1.35. The second-order valence-electron chi connectivity index (χ2n) is 7.35. The van der Waals surface area contributed by atoms with E-state index >= 15 is 0 Å². The quantitative estimate of drug-likeness (QED) is 0.308. The number of piperidine rings is 1. The van der Waals surface area contributed by atoms with Gasteiger partial charge in [0, 0.05) is 37.2 Å². The number of aliphatic imine (C=N–C) groups is 1. The summed E-state index contributed by atoms with van der Waals surface area (Å²) in [4.78, 5) is 9.99. The Morgan fingerprint density at radius 2 is 2.00 bits per heavy atom. The summed E-state index contributed by atoms with van der Waals surface area (Å²) in [6.07, 6.45) is 6.64. The van der Waals surface area contributed by atoms with Crippen LogP contribution in [0.2, 0.25) is 0 Å². The van der Waals surface area contributed by atoms with Gasteiger partial charge in [0.15, 0.2) is 5.96 Å². The molecule has 3 rings (SSSR count). The van der Waals surface area contributed by atoms with Crippen LogP contribution < -0.4 is 10.6 Å². The van der Waals surface area contributed by atoms with Crippen molar-refractivity contribution in [3.05, 3.63) is 35.8 Å². The molecule has 0 saturated carbocycles. The van der Waals surface area contributed by atoms with Gasteiger partial charge in [0.1, 0.15) is 5.82 Å². The van der Waals surface area contributed by atoms with E-state index in [4.69, 9.17) is 0 Å². The maximum Gasteiger partial charge on any atom is 0.190 e. The zero-order valence-electron chi connectivity index (χ0n) is 16.9. The van der Waals surface area contributed by atoms with Crippen LogP contribution in [0.15, 0.2) is 29.4 Å². The molecule has 1 aromatic heterocycles. The summed E-state index contributed by atoms with van der Waals surface area (Å²) >= 11 is 0. The molecule has 0 atom stereocenters. The molecule has 0 bridgehead atoms. The molecule has 156 valence electrons. The van der Waals surface area contributed by atoms with E-state index in [2.05, 4.69) is 32.4 Å². The van der Waals surface area contributed by atoms with E-state index in [-0.39, 0.29) is 29.8 Å². The first-order valence-electron chi connectivity index (χ1n) is 10.1. The summed E-state index contributed by atoms with van der Waals surface area (Å²) in [5.41, 5.74) is 2.04. The van der Waals surface area contributed by atoms with Gasteiger partial charge in [-0.3, -0.25) is 4.99 Å². The van der Waals surface area contributed by atoms with Crippen LogP contribution in [-0.4, -0.2) is 55.6 Å². The second-order valence-corrected chi connectivity index (χ2v) is 7.35. The molecule has 0 aliphatic carbocycles. The minimum atomic E-state index is -0.209. The highest BCUT2D eigenvalue weighted by Crippen LogP contribution is 2.20. The van der Waals surface area contributed by atoms with E-state index in [0.29, 0.717) is 0 Å². The fourth-order valence-electron chi connectivity index (χ4n) is 3.89. The third kappa shape index (κ3) is 6.34. The number of hydrogen-bond acceptors (Lipinski definition) is 2. The van der Waals surface area contributed by atoms with E-state index in [1.165, 1.54) is 56.6 Å². The predicted molar refractivity (Wildman–Crippen MR) is 126 cm³/mol. The molecule has 7 heteroatoms. The zero-order valence-corrected chi connectivity index (χ0v) is 19.3. The van der Waals surface area contributed by atoms with Crippen molar-refractivity contribution in [3.63, 3.8) is 0 Å². The first-order valence-corrected chi connectivity index (χ1v) is 10.1. The van der Waals surface area contributed by atoms with Crippen molar-refractivity contribution < 1.29 is 4.39 Å². The Bertz CT molecular complexity index is 752. The standard InChI is InChI=1S/C21H32FN5.HI/c1-3-27-12-8-16(9-13-27)6-10-24-21(23-2)25-11-7-17-15-26-20-14-18(22)4-5-19(17)20;/h4-5,14-16,26H,3,6-13H2,1-2H3,(H2,23,24,25);1H. The minimum Gasteiger partial charge on any atom is -0.361 e. The normalized spacial score (nSPS) is 16.2. The summed E-state index contributed by atoms with van der Waals surface area (Å²) in [6.45, 7) is 7.64. The number of likely N-dealkylation sites (tertiary alicyclic amines) is 1. The van der Waals surface area contributed by atoms with Crippen molar-refractivity contribution in [2.75, 3.05) is 39.8 Å². The largest absolute Gasteiger partial charge is 0.361 e. The molecule has 0 amide bonds. The molecule has 1 saturated heterocycles. The van der Waals surface area contributed by atoms with Gasteiger partial charge >= 0.3 is 0 Å². The van der Waals surface area contributed by atoms with Crippen molar-refractivity contribution in [2.24, 2.45) is 10.9 Å². The molecule has 0 spiro atoms. The first-order chi connectivity index (χ1) is 13.2. The predicted octanol–water partition coefficient (Wildman–Crippen LogP) is 3.75. The maximum absolute atomic E-state index is 13.3. The Morgan fingerprint density at radius 1 is 1.25 bits per heavy atom. The fourth-order valence-corrected chi connectivity index (χ4v) is 3.89. The van der Waals surface area contributed by atoms with Crippen LogP contribution in [0.5, 0.6) is 0 Å². The number of aromatic amines is 1. The molecule has 28 heavy (non-hydrogen) atoms. The van der Waals surface area contributed by atoms with Crippen LogP contribution in [0.25, 0.3) is 10.9 Å². The maximum atomic E-state index is 13.3. The van der Waals surface area contributed by atoms with Gasteiger partial charge in [-0.05, 0) is 75.0 Å². The van der Waals surface area contributed by atoms with Gasteiger partial charge in [-0.15, -0.1) is 24.0 Å². The molecule has 0 radical (unpaired) electrons. The zero-order chi connectivity index (χ0) is 19.1. The van der Waals surface area contributed by atoms with Gasteiger partial charge < -0.3 is 20.5 Å². The Labute approximate surface area is 184 Å². The number of nitrogens with one attached hydrogen (secondary N) is 3. The SMILES string of the molecule is CCN1CCC(CCNC(=NC)NCCc2c[nH]c3cc(F)ccc23)CC1.I. The number of nitrogens with zero attached hydrogens (tertiary/aromatic N) is 2. The van der Waals surface area contributed by atoms with Gasteiger partial charge in [-0.2, -0.15) is 0 Å². The minimum absolute atomic E-state index is 0. The second kappa shape index (κ2) is 11.6. The molecule has 0 unspecified atom stereocenters. The number of aromatic nitrogens is 1. The van der Waals surface area contributed by atoms with E-state index in [1.807, 2.05) is 19.3 Å². The molecule has 3 N–H and O–H groups in total. The molecule has 1 aliphatic heterocycles.